The lowest BCUT2D eigenvalue weighted by Gasteiger charge is -2.01. The Morgan fingerprint density at radius 1 is 1.50 bits per heavy atom. The fourth-order valence-electron chi connectivity index (χ4n) is 1.03. The van der Waals surface area contributed by atoms with Gasteiger partial charge in [0.1, 0.15) is 5.30 Å². The van der Waals surface area contributed by atoms with Crippen LogP contribution in [0.1, 0.15) is 0 Å². The van der Waals surface area contributed by atoms with Gasteiger partial charge in [0, 0.05) is 11.6 Å². The summed E-state index contributed by atoms with van der Waals surface area (Å²) in [4.78, 5) is 21.9. The predicted molar refractivity (Wildman–Crippen MR) is 51.5 cm³/mol. The summed E-state index contributed by atoms with van der Waals surface area (Å²) in [5.74, 6) is 0.147. The maximum Gasteiger partial charge on any atom is 0.360 e. The van der Waals surface area contributed by atoms with Crippen molar-refractivity contribution >= 4 is 24.2 Å². The highest BCUT2D eigenvalue weighted by Crippen LogP contribution is 2.38. The van der Waals surface area contributed by atoms with E-state index in [0.717, 1.165) is 0 Å². The first-order valence-corrected chi connectivity index (χ1v) is 6.11. The van der Waals surface area contributed by atoms with E-state index in [1.54, 1.807) is 11.6 Å². The van der Waals surface area contributed by atoms with Crippen LogP contribution < -0.4 is 5.30 Å². The second-order valence-corrected chi connectivity index (χ2v) is 4.98. The van der Waals surface area contributed by atoms with Gasteiger partial charge in [-0.25, -0.2) is 4.98 Å². The maximum absolute atomic E-state index is 11.0. The van der Waals surface area contributed by atoms with Gasteiger partial charge in [-0.1, -0.05) is 0 Å². The zero-order valence-corrected chi connectivity index (χ0v) is 8.53. The van der Waals surface area contributed by atoms with E-state index < -0.39 is 7.60 Å². The highest BCUT2D eigenvalue weighted by atomic mass is 32.1. The van der Waals surface area contributed by atoms with E-state index in [2.05, 4.69) is 4.98 Å². The Bertz CT molecular complexity index is 472. The van der Waals surface area contributed by atoms with Crippen molar-refractivity contribution < 1.29 is 18.8 Å². The van der Waals surface area contributed by atoms with E-state index >= 15 is 0 Å². The molecule has 0 aliphatic carbocycles. The van der Waals surface area contributed by atoms with Crippen molar-refractivity contribution in [3.05, 3.63) is 23.9 Å². The number of rotatable bonds is 2. The summed E-state index contributed by atoms with van der Waals surface area (Å²) in [5, 5.41) is 2.06. The van der Waals surface area contributed by atoms with Gasteiger partial charge in [0.25, 0.3) is 0 Å². The highest BCUT2D eigenvalue weighted by Gasteiger charge is 2.26. The van der Waals surface area contributed by atoms with Gasteiger partial charge in [-0.3, -0.25) is 4.57 Å². The standard InChI is InChI=1S/C7H6NO4PS/c9-13(10,11)5-1-3-12-6(5)7-8-2-4-14-7/h1-4H,(H2,9,10,11). The van der Waals surface area contributed by atoms with E-state index in [4.69, 9.17) is 14.2 Å². The molecule has 5 nitrogen and oxygen atoms in total. The normalized spacial score (nSPS) is 11.9. The molecule has 0 saturated heterocycles. The van der Waals surface area contributed by atoms with Gasteiger partial charge in [-0.15, -0.1) is 11.3 Å². The second kappa shape index (κ2) is 3.33. The van der Waals surface area contributed by atoms with Crippen molar-refractivity contribution in [2.75, 3.05) is 0 Å². The molecular formula is C7H6NO4PS. The molecule has 0 amide bonds. The Balaban J connectivity index is 2.56. The molecule has 0 aromatic carbocycles. The molecule has 14 heavy (non-hydrogen) atoms. The van der Waals surface area contributed by atoms with Gasteiger partial charge in [0.2, 0.25) is 0 Å². The van der Waals surface area contributed by atoms with Crippen LogP contribution in [0.4, 0.5) is 0 Å². The third-order valence-corrected chi connectivity index (χ3v) is 3.34. The number of hydrogen-bond donors (Lipinski definition) is 2. The van der Waals surface area contributed by atoms with Crippen LogP contribution in [-0.4, -0.2) is 14.8 Å². The Kier molecular flexibility index (Phi) is 2.28. The molecule has 0 saturated carbocycles. The molecule has 7 heteroatoms. The van der Waals surface area contributed by atoms with Gasteiger partial charge >= 0.3 is 7.60 Å². The number of aromatic nitrogens is 1. The number of hydrogen-bond acceptors (Lipinski definition) is 4. The van der Waals surface area contributed by atoms with Crippen LogP contribution in [0.25, 0.3) is 10.8 Å². The SMILES string of the molecule is O=P(O)(O)c1ccoc1-c1nccs1. The Morgan fingerprint density at radius 2 is 2.29 bits per heavy atom. The molecule has 2 heterocycles. The van der Waals surface area contributed by atoms with E-state index in [9.17, 15) is 4.57 Å². The lowest BCUT2D eigenvalue weighted by Crippen LogP contribution is -2.03. The number of furan rings is 1. The summed E-state index contributed by atoms with van der Waals surface area (Å²) in [6, 6.07) is 1.26. The van der Waals surface area contributed by atoms with E-state index in [1.165, 1.54) is 23.7 Å². The zero-order chi connectivity index (χ0) is 10.2. The van der Waals surface area contributed by atoms with Crippen molar-refractivity contribution in [1.29, 1.82) is 0 Å². The summed E-state index contributed by atoms with van der Waals surface area (Å²) in [5.41, 5.74) is 0. The minimum atomic E-state index is -4.28. The first-order chi connectivity index (χ1) is 6.59. The quantitative estimate of drug-likeness (QED) is 0.759. The molecule has 2 N–H and O–H groups in total. The van der Waals surface area contributed by atoms with Crippen LogP contribution in [0.2, 0.25) is 0 Å². The van der Waals surface area contributed by atoms with Crippen LogP contribution >= 0.6 is 18.9 Å². The van der Waals surface area contributed by atoms with Crippen LogP contribution in [0, 0.1) is 0 Å². The van der Waals surface area contributed by atoms with Gasteiger partial charge < -0.3 is 14.2 Å². The Morgan fingerprint density at radius 3 is 2.86 bits per heavy atom. The molecule has 2 aromatic heterocycles. The largest absolute Gasteiger partial charge is 0.461 e. The van der Waals surface area contributed by atoms with Crippen LogP contribution in [0.5, 0.6) is 0 Å². The molecule has 0 bridgehead atoms. The molecule has 0 aliphatic heterocycles. The van der Waals surface area contributed by atoms with Gasteiger partial charge in [0.15, 0.2) is 10.8 Å². The summed E-state index contributed by atoms with van der Waals surface area (Å²) in [7, 11) is -4.28. The van der Waals surface area contributed by atoms with E-state index in [1.807, 2.05) is 0 Å². The average Bonchev–Trinajstić information content (AvgIpc) is 2.73. The monoisotopic (exact) mass is 231 g/mol. The molecule has 74 valence electrons. The fraction of sp³-hybridized carbons (Fsp3) is 0. The molecule has 0 atom stereocenters. The number of nitrogens with zero attached hydrogens (tertiary/aromatic N) is 1. The Labute approximate surface area is 83.2 Å². The number of thiazole rings is 1. The van der Waals surface area contributed by atoms with E-state index in [0.29, 0.717) is 5.01 Å². The molecule has 0 radical (unpaired) electrons. The fourth-order valence-corrected chi connectivity index (χ4v) is 2.42. The predicted octanol–water partition coefficient (Wildman–Crippen LogP) is 1.21. The molecular weight excluding hydrogens is 225 g/mol. The summed E-state index contributed by atoms with van der Waals surface area (Å²) in [6.07, 6.45) is 2.79. The average molecular weight is 231 g/mol. The molecule has 2 aromatic rings. The molecule has 0 fully saturated rings. The van der Waals surface area contributed by atoms with Crippen molar-refractivity contribution in [3.8, 4) is 10.8 Å². The molecule has 0 unspecified atom stereocenters. The lowest BCUT2D eigenvalue weighted by molar-refractivity contribution is 0.387. The first kappa shape index (κ1) is 9.61. The zero-order valence-electron chi connectivity index (χ0n) is 6.82. The smallest absolute Gasteiger partial charge is 0.360 e. The van der Waals surface area contributed by atoms with Gasteiger partial charge in [-0.05, 0) is 6.07 Å². The molecule has 0 spiro atoms. The highest BCUT2D eigenvalue weighted by molar-refractivity contribution is 7.60. The van der Waals surface area contributed by atoms with Crippen molar-refractivity contribution in [1.82, 2.24) is 4.98 Å². The third-order valence-electron chi connectivity index (χ3n) is 1.58. The van der Waals surface area contributed by atoms with Gasteiger partial charge in [0.05, 0.1) is 6.26 Å². The second-order valence-electron chi connectivity index (χ2n) is 2.52. The van der Waals surface area contributed by atoms with Crippen molar-refractivity contribution in [2.45, 2.75) is 0 Å². The van der Waals surface area contributed by atoms with Crippen molar-refractivity contribution in [2.24, 2.45) is 0 Å². The minimum Gasteiger partial charge on any atom is -0.461 e. The summed E-state index contributed by atoms with van der Waals surface area (Å²) in [6.45, 7) is 0. The lowest BCUT2D eigenvalue weighted by atomic mass is 10.5. The summed E-state index contributed by atoms with van der Waals surface area (Å²) >= 11 is 1.26. The minimum absolute atomic E-state index is 0.118. The van der Waals surface area contributed by atoms with Crippen molar-refractivity contribution in [3.63, 3.8) is 0 Å². The van der Waals surface area contributed by atoms with E-state index in [-0.39, 0.29) is 11.1 Å². The Hall–Kier alpha value is -0.940. The summed E-state index contributed by atoms with van der Waals surface area (Å²) < 4.78 is 16.0. The van der Waals surface area contributed by atoms with Crippen LogP contribution in [0.3, 0.4) is 0 Å². The maximum atomic E-state index is 11.0. The first-order valence-electron chi connectivity index (χ1n) is 3.62. The van der Waals surface area contributed by atoms with Gasteiger partial charge in [-0.2, -0.15) is 0 Å². The molecule has 2 rings (SSSR count). The topological polar surface area (TPSA) is 83.6 Å². The van der Waals surface area contributed by atoms with Crippen LogP contribution in [0.15, 0.2) is 28.3 Å². The molecule has 0 aliphatic rings. The van der Waals surface area contributed by atoms with Crippen LogP contribution in [-0.2, 0) is 4.57 Å². The third kappa shape index (κ3) is 1.65.